The number of ether oxygens (including phenoxy) is 1. The van der Waals surface area contributed by atoms with Crippen molar-refractivity contribution in [3.05, 3.63) is 70.7 Å². The minimum absolute atomic E-state index is 0.182. The lowest BCUT2D eigenvalue weighted by Gasteiger charge is -2.07. The van der Waals surface area contributed by atoms with E-state index in [1.165, 1.54) is 6.07 Å². The number of carbonyl (C=O) groups is 2. The normalized spacial score (nSPS) is 9.95. The predicted octanol–water partition coefficient (Wildman–Crippen LogP) is 2.81. The molecule has 0 radical (unpaired) electrons. The van der Waals surface area contributed by atoms with E-state index in [4.69, 9.17) is 16.3 Å². The van der Waals surface area contributed by atoms with E-state index in [1.807, 2.05) is 30.3 Å². The molecule has 4 nitrogen and oxygen atoms in total. The van der Waals surface area contributed by atoms with Gasteiger partial charge in [-0.05, 0) is 23.8 Å². The minimum Gasteiger partial charge on any atom is -0.460 e. The number of hydrogen-bond acceptors (Lipinski definition) is 3. The molecule has 5 heteroatoms. The first kappa shape index (κ1) is 15.1. The summed E-state index contributed by atoms with van der Waals surface area (Å²) in [5.74, 6) is -0.858. The van der Waals surface area contributed by atoms with E-state index in [0.29, 0.717) is 10.6 Å². The average Bonchev–Trinajstić information content (AvgIpc) is 2.51. The molecule has 2 aromatic carbocycles. The molecule has 0 heterocycles. The summed E-state index contributed by atoms with van der Waals surface area (Å²) in [6.07, 6.45) is 0. The molecule has 0 atom stereocenters. The lowest BCUT2D eigenvalue weighted by Crippen LogP contribution is -2.30. The van der Waals surface area contributed by atoms with Crippen LogP contribution in [0, 0.1) is 0 Å². The zero-order valence-corrected chi connectivity index (χ0v) is 12.0. The molecule has 0 bridgehead atoms. The fourth-order valence-corrected chi connectivity index (χ4v) is 1.86. The highest BCUT2D eigenvalue weighted by atomic mass is 35.5. The van der Waals surface area contributed by atoms with Crippen molar-refractivity contribution in [3.8, 4) is 0 Å². The van der Waals surface area contributed by atoms with Gasteiger partial charge in [0.2, 0.25) is 0 Å². The van der Waals surface area contributed by atoms with Gasteiger partial charge in [-0.2, -0.15) is 0 Å². The molecule has 21 heavy (non-hydrogen) atoms. The molecule has 108 valence electrons. The molecule has 0 unspecified atom stereocenters. The minimum atomic E-state index is -0.491. The zero-order chi connectivity index (χ0) is 15.1. The van der Waals surface area contributed by atoms with Crippen molar-refractivity contribution in [2.45, 2.75) is 6.61 Å². The summed E-state index contributed by atoms with van der Waals surface area (Å²) >= 11 is 5.80. The smallest absolute Gasteiger partial charge is 0.325 e. The van der Waals surface area contributed by atoms with E-state index in [0.717, 1.165) is 5.56 Å². The highest BCUT2D eigenvalue weighted by Gasteiger charge is 2.09. The van der Waals surface area contributed by atoms with Gasteiger partial charge in [0.25, 0.3) is 5.91 Å². The van der Waals surface area contributed by atoms with Crippen molar-refractivity contribution in [3.63, 3.8) is 0 Å². The molecule has 0 aromatic heterocycles. The van der Waals surface area contributed by atoms with Crippen molar-refractivity contribution in [1.29, 1.82) is 0 Å². The van der Waals surface area contributed by atoms with E-state index in [-0.39, 0.29) is 19.1 Å². The van der Waals surface area contributed by atoms with E-state index < -0.39 is 5.97 Å². The molecular weight excluding hydrogens is 290 g/mol. The van der Waals surface area contributed by atoms with Crippen LogP contribution in [-0.4, -0.2) is 18.4 Å². The number of hydrogen-bond donors (Lipinski definition) is 1. The molecule has 0 saturated carbocycles. The van der Waals surface area contributed by atoms with Crippen molar-refractivity contribution in [1.82, 2.24) is 5.32 Å². The van der Waals surface area contributed by atoms with Crippen LogP contribution in [0.5, 0.6) is 0 Å². The number of amides is 1. The SMILES string of the molecule is O=C(CNC(=O)c1cccc(Cl)c1)OCc1ccccc1. The van der Waals surface area contributed by atoms with Crippen LogP contribution in [0.2, 0.25) is 5.02 Å². The lowest BCUT2D eigenvalue weighted by atomic mass is 10.2. The summed E-state index contributed by atoms with van der Waals surface area (Å²) in [4.78, 5) is 23.4. The molecule has 0 saturated heterocycles. The predicted molar refractivity (Wildman–Crippen MR) is 80.0 cm³/mol. The number of esters is 1. The Morgan fingerprint density at radius 3 is 2.52 bits per heavy atom. The van der Waals surface area contributed by atoms with E-state index >= 15 is 0 Å². The van der Waals surface area contributed by atoms with Crippen LogP contribution in [0.3, 0.4) is 0 Å². The van der Waals surface area contributed by atoms with Gasteiger partial charge < -0.3 is 10.1 Å². The summed E-state index contributed by atoms with van der Waals surface area (Å²) in [5.41, 5.74) is 1.30. The Hall–Kier alpha value is -2.33. The van der Waals surface area contributed by atoms with Gasteiger partial charge in [-0.15, -0.1) is 0 Å². The summed E-state index contributed by atoms with van der Waals surface area (Å²) in [6.45, 7) is 0.00485. The topological polar surface area (TPSA) is 55.4 Å². The summed E-state index contributed by atoms with van der Waals surface area (Å²) < 4.78 is 5.06. The number of carbonyl (C=O) groups excluding carboxylic acids is 2. The van der Waals surface area contributed by atoms with Crippen LogP contribution in [0.25, 0.3) is 0 Å². The Kier molecular flexibility index (Phi) is 5.35. The molecular formula is C16H14ClNO3. The van der Waals surface area contributed by atoms with Crippen LogP contribution in [0.15, 0.2) is 54.6 Å². The third kappa shape index (κ3) is 4.93. The van der Waals surface area contributed by atoms with E-state index in [1.54, 1.807) is 18.2 Å². The first-order valence-electron chi connectivity index (χ1n) is 6.38. The number of rotatable bonds is 5. The van der Waals surface area contributed by atoms with Gasteiger partial charge in [0, 0.05) is 10.6 Å². The standard InChI is InChI=1S/C16H14ClNO3/c17-14-8-4-7-13(9-14)16(20)18-10-15(19)21-11-12-5-2-1-3-6-12/h1-9H,10-11H2,(H,18,20). The molecule has 0 aliphatic heterocycles. The highest BCUT2D eigenvalue weighted by Crippen LogP contribution is 2.10. The summed E-state index contributed by atoms with van der Waals surface area (Å²) in [5, 5.41) is 2.96. The molecule has 0 fully saturated rings. The lowest BCUT2D eigenvalue weighted by molar-refractivity contribution is -0.143. The van der Waals surface area contributed by atoms with Crippen molar-refractivity contribution < 1.29 is 14.3 Å². The molecule has 0 spiro atoms. The maximum atomic E-state index is 11.8. The average molecular weight is 304 g/mol. The van der Waals surface area contributed by atoms with Gasteiger partial charge in [-0.3, -0.25) is 9.59 Å². The Balaban J connectivity index is 1.77. The van der Waals surface area contributed by atoms with Gasteiger partial charge in [0.1, 0.15) is 13.2 Å². The molecule has 1 N–H and O–H groups in total. The molecule has 1 amide bonds. The molecule has 2 rings (SSSR count). The zero-order valence-electron chi connectivity index (χ0n) is 11.2. The summed E-state index contributed by atoms with van der Waals surface area (Å²) in [6, 6.07) is 15.8. The maximum absolute atomic E-state index is 11.8. The van der Waals surface area contributed by atoms with Gasteiger partial charge in [-0.25, -0.2) is 0 Å². The van der Waals surface area contributed by atoms with E-state index in [2.05, 4.69) is 5.32 Å². The van der Waals surface area contributed by atoms with Crippen molar-refractivity contribution in [2.75, 3.05) is 6.54 Å². The van der Waals surface area contributed by atoms with Crippen molar-refractivity contribution >= 4 is 23.5 Å². The second-order valence-corrected chi connectivity index (χ2v) is 4.78. The monoisotopic (exact) mass is 303 g/mol. The Morgan fingerprint density at radius 2 is 1.81 bits per heavy atom. The van der Waals surface area contributed by atoms with Gasteiger partial charge in [0.05, 0.1) is 0 Å². The second-order valence-electron chi connectivity index (χ2n) is 4.34. The first-order chi connectivity index (χ1) is 10.1. The number of nitrogens with one attached hydrogen (secondary N) is 1. The van der Waals surface area contributed by atoms with E-state index in [9.17, 15) is 9.59 Å². The Labute approximate surface area is 127 Å². The fourth-order valence-electron chi connectivity index (χ4n) is 1.67. The van der Waals surface area contributed by atoms with Gasteiger partial charge in [-0.1, -0.05) is 48.0 Å². The Morgan fingerprint density at radius 1 is 1.05 bits per heavy atom. The van der Waals surface area contributed by atoms with Crippen LogP contribution >= 0.6 is 11.6 Å². The second kappa shape index (κ2) is 7.45. The van der Waals surface area contributed by atoms with Crippen molar-refractivity contribution in [2.24, 2.45) is 0 Å². The van der Waals surface area contributed by atoms with Crippen LogP contribution in [-0.2, 0) is 16.1 Å². The maximum Gasteiger partial charge on any atom is 0.325 e. The molecule has 0 aliphatic rings. The largest absolute Gasteiger partial charge is 0.460 e. The number of halogens is 1. The number of benzene rings is 2. The molecule has 0 aliphatic carbocycles. The van der Waals surface area contributed by atoms with Crippen LogP contribution < -0.4 is 5.32 Å². The van der Waals surface area contributed by atoms with Gasteiger partial charge in [0.15, 0.2) is 0 Å². The Bertz CT molecular complexity index is 628. The fraction of sp³-hybridized carbons (Fsp3) is 0.125. The third-order valence-electron chi connectivity index (χ3n) is 2.72. The third-order valence-corrected chi connectivity index (χ3v) is 2.96. The quantitative estimate of drug-likeness (QED) is 0.864. The molecule has 2 aromatic rings. The van der Waals surface area contributed by atoms with Crippen LogP contribution in [0.1, 0.15) is 15.9 Å². The first-order valence-corrected chi connectivity index (χ1v) is 6.76. The highest BCUT2D eigenvalue weighted by molar-refractivity contribution is 6.30. The van der Waals surface area contributed by atoms with Crippen LogP contribution in [0.4, 0.5) is 0 Å². The summed E-state index contributed by atoms with van der Waals surface area (Å²) in [7, 11) is 0. The van der Waals surface area contributed by atoms with Gasteiger partial charge >= 0.3 is 5.97 Å².